The Labute approximate surface area is 172 Å². The summed E-state index contributed by atoms with van der Waals surface area (Å²) in [4.78, 5) is 30.2. The number of amides is 2. The van der Waals surface area contributed by atoms with Crippen LogP contribution in [0.4, 0.5) is 13.2 Å². The van der Waals surface area contributed by atoms with E-state index in [2.05, 4.69) is 15.0 Å². The first-order valence-corrected chi connectivity index (χ1v) is 9.64. The standard InChI is InChI=1S/C21H22F3N3O3/c22-21(23,24)14-30-18-9-8-17(13-25-18)19(28)26-12-15-4-6-16(7-5-15)20(29)27-10-2-1-3-11-27/h4-9,13H,1-3,10-12,14H2,(H,26,28). The van der Waals surface area contributed by atoms with Crippen LogP contribution >= 0.6 is 0 Å². The number of alkyl halides is 3. The fraction of sp³-hybridized carbons (Fsp3) is 0.381. The van der Waals surface area contributed by atoms with Gasteiger partial charge in [-0.3, -0.25) is 9.59 Å². The Morgan fingerprint density at radius 3 is 2.27 bits per heavy atom. The highest BCUT2D eigenvalue weighted by molar-refractivity contribution is 5.95. The van der Waals surface area contributed by atoms with Crippen molar-refractivity contribution in [3.63, 3.8) is 0 Å². The molecule has 0 spiro atoms. The van der Waals surface area contributed by atoms with Crippen LogP contribution in [0.25, 0.3) is 0 Å². The van der Waals surface area contributed by atoms with Crippen molar-refractivity contribution < 1.29 is 27.5 Å². The van der Waals surface area contributed by atoms with Gasteiger partial charge in [-0.05, 0) is 43.0 Å². The number of hydrogen-bond acceptors (Lipinski definition) is 4. The SMILES string of the molecule is O=C(NCc1ccc(C(=O)N2CCCCC2)cc1)c1ccc(OCC(F)(F)F)nc1. The lowest BCUT2D eigenvalue weighted by Crippen LogP contribution is -2.35. The average Bonchev–Trinajstić information content (AvgIpc) is 2.76. The summed E-state index contributed by atoms with van der Waals surface area (Å²) in [7, 11) is 0. The minimum atomic E-state index is -4.45. The van der Waals surface area contributed by atoms with Crippen LogP contribution in [0.3, 0.4) is 0 Å². The van der Waals surface area contributed by atoms with Gasteiger partial charge in [-0.15, -0.1) is 0 Å². The van der Waals surface area contributed by atoms with Gasteiger partial charge in [0.25, 0.3) is 11.8 Å². The second kappa shape index (κ2) is 9.60. The van der Waals surface area contributed by atoms with E-state index in [1.807, 2.05) is 4.90 Å². The molecule has 3 rings (SSSR count). The number of piperidine rings is 1. The Morgan fingerprint density at radius 1 is 1.00 bits per heavy atom. The lowest BCUT2D eigenvalue weighted by atomic mass is 10.1. The minimum absolute atomic E-state index is 0.0178. The molecule has 0 aliphatic carbocycles. The summed E-state index contributed by atoms with van der Waals surface area (Å²) in [6, 6.07) is 9.60. The van der Waals surface area contributed by atoms with Gasteiger partial charge in [-0.2, -0.15) is 13.2 Å². The lowest BCUT2D eigenvalue weighted by molar-refractivity contribution is -0.154. The molecule has 0 atom stereocenters. The number of halogens is 3. The van der Waals surface area contributed by atoms with Crippen molar-refractivity contribution in [2.75, 3.05) is 19.7 Å². The van der Waals surface area contributed by atoms with Crippen molar-refractivity contribution >= 4 is 11.8 Å². The maximum atomic E-state index is 12.5. The van der Waals surface area contributed by atoms with Crippen LogP contribution in [0.1, 0.15) is 45.5 Å². The first-order valence-electron chi connectivity index (χ1n) is 9.64. The van der Waals surface area contributed by atoms with E-state index < -0.39 is 18.7 Å². The Balaban J connectivity index is 1.50. The highest BCUT2D eigenvalue weighted by Crippen LogP contribution is 2.17. The first-order chi connectivity index (χ1) is 14.3. The van der Waals surface area contributed by atoms with Gasteiger partial charge in [0.15, 0.2) is 6.61 Å². The number of nitrogens with one attached hydrogen (secondary N) is 1. The molecule has 1 aliphatic rings. The van der Waals surface area contributed by atoms with Crippen LogP contribution in [0.5, 0.6) is 5.88 Å². The van der Waals surface area contributed by atoms with E-state index in [-0.39, 0.29) is 23.9 Å². The molecule has 1 fully saturated rings. The molecular formula is C21H22F3N3O3. The molecular weight excluding hydrogens is 399 g/mol. The molecule has 2 amide bonds. The van der Waals surface area contributed by atoms with E-state index in [9.17, 15) is 22.8 Å². The monoisotopic (exact) mass is 421 g/mol. The van der Waals surface area contributed by atoms with Crippen molar-refractivity contribution in [2.45, 2.75) is 32.0 Å². The molecule has 0 saturated carbocycles. The van der Waals surface area contributed by atoms with Gasteiger partial charge in [-0.1, -0.05) is 12.1 Å². The third-order valence-corrected chi connectivity index (χ3v) is 4.68. The summed E-state index contributed by atoms with van der Waals surface area (Å²) in [5.41, 5.74) is 1.63. The summed E-state index contributed by atoms with van der Waals surface area (Å²) in [6.07, 6.45) is -0.0887. The van der Waals surface area contributed by atoms with Crippen molar-refractivity contribution in [3.05, 3.63) is 59.3 Å². The smallest absolute Gasteiger partial charge is 0.422 e. The van der Waals surface area contributed by atoms with Gasteiger partial charge in [0.1, 0.15) is 0 Å². The van der Waals surface area contributed by atoms with Gasteiger partial charge >= 0.3 is 6.18 Å². The zero-order valence-corrected chi connectivity index (χ0v) is 16.2. The highest BCUT2D eigenvalue weighted by Gasteiger charge is 2.28. The molecule has 1 aliphatic heterocycles. The topological polar surface area (TPSA) is 71.5 Å². The van der Waals surface area contributed by atoms with E-state index in [4.69, 9.17) is 0 Å². The van der Waals surface area contributed by atoms with E-state index in [1.54, 1.807) is 24.3 Å². The number of benzene rings is 1. The molecule has 0 unspecified atom stereocenters. The quantitative estimate of drug-likeness (QED) is 0.774. The molecule has 1 aromatic heterocycles. The molecule has 0 radical (unpaired) electrons. The van der Waals surface area contributed by atoms with E-state index in [0.717, 1.165) is 44.1 Å². The Kier molecular flexibility index (Phi) is 6.91. The molecule has 160 valence electrons. The van der Waals surface area contributed by atoms with Crippen LogP contribution in [0, 0.1) is 0 Å². The van der Waals surface area contributed by atoms with Crippen molar-refractivity contribution in [1.29, 1.82) is 0 Å². The normalized spacial score (nSPS) is 14.3. The average molecular weight is 421 g/mol. The highest BCUT2D eigenvalue weighted by atomic mass is 19.4. The number of nitrogens with zero attached hydrogens (tertiary/aromatic N) is 2. The maximum absolute atomic E-state index is 12.5. The molecule has 9 heteroatoms. The predicted octanol–water partition coefficient (Wildman–Crippen LogP) is 3.58. The van der Waals surface area contributed by atoms with Gasteiger partial charge in [0.05, 0.1) is 5.56 Å². The number of carbonyl (C=O) groups is 2. The Bertz CT molecular complexity index is 862. The summed E-state index contributed by atoms with van der Waals surface area (Å²) in [5.74, 6) is -0.611. The fourth-order valence-electron chi connectivity index (χ4n) is 3.08. The molecule has 0 bridgehead atoms. The number of hydrogen-bond donors (Lipinski definition) is 1. The van der Waals surface area contributed by atoms with E-state index >= 15 is 0 Å². The largest absolute Gasteiger partial charge is 0.468 e. The molecule has 1 aromatic carbocycles. The molecule has 30 heavy (non-hydrogen) atoms. The predicted molar refractivity (Wildman–Crippen MR) is 103 cm³/mol. The molecule has 2 heterocycles. The second-order valence-corrected chi connectivity index (χ2v) is 7.02. The lowest BCUT2D eigenvalue weighted by Gasteiger charge is -2.26. The van der Waals surface area contributed by atoms with Gasteiger partial charge in [-0.25, -0.2) is 4.98 Å². The van der Waals surface area contributed by atoms with Crippen LogP contribution in [0.15, 0.2) is 42.6 Å². The van der Waals surface area contributed by atoms with Crippen molar-refractivity contribution in [1.82, 2.24) is 15.2 Å². The summed E-state index contributed by atoms with van der Waals surface area (Å²) in [5, 5.41) is 2.71. The number of ether oxygens (including phenoxy) is 1. The van der Waals surface area contributed by atoms with Crippen LogP contribution in [-0.2, 0) is 6.54 Å². The van der Waals surface area contributed by atoms with Crippen LogP contribution < -0.4 is 10.1 Å². The van der Waals surface area contributed by atoms with Crippen molar-refractivity contribution in [3.8, 4) is 5.88 Å². The molecule has 1 saturated heterocycles. The molecule has 1 N–H and O–H groups in total. The van der Waals surface area contributed by atoms with Crippen LogP contribution in [0.2, 0.25) is 0 Å². The van der Waals surface area contributed by atoms with Gasteiger partial charge < -0.3 is 15.0 Å². The summed E-state index contributed by atoms with van der Waals surface area (Å²) < 4.78 is 40.9. The number of pyridine rings is 1. The zero-order valence-electron chi connectivity index (χ0n) is 16.2. The first kappa shape index (κ1) is 21.6. The number of carbonyl (C=O) groups excluding carboxylic acids is 2. The third-order valence-electron chi connectivity index (χ3n) is 4.68. The van der Waals surface area contributed by atoms with E-state index in [1.165, 1.54) is 12.1 Å². The zero-order chi connectivity index (χ0) is 21.6. The summed E-state index contributed by atoms with van der Waals surface area (Å²) >= 11 is 0. The van der Waals surface area contributed by atoms with Gasteiger partial charge in [0.2, 0.25) is 5.88 Å². The van der Waals surface area contributed by atoms with Gasteiger partial charge in [0, 0.05) is 37.5 Å². The van der Waals surface area contributed by atoms with Crippen molar-refractivity contribution in [2.24, 2.45) is 0 Å². The van der Waals surface area contributed by atoms with Crippen LogP contribution in [-0.4, -0.2) is 47.6 Å². The molecule has 6 nitrogen and oxygen atoms in total. The summed E-state index contributed by atoms with van der Waals surface area (Å²) in [6.45, 7) is 0.362. The number of rotatable bonds is 6. The number of aromatic nitrogens is 1. The minimum Gasteiger partial charge on any atom is -0.468 e. The maximum Gasteiger partial charge on any atom is 0.422 e. The third kappa shape index (κ3) is 6.20. The van der Waals surface area contributed by atoms with E-state index in [0.29, 0.717) is 5.56 Å². The number of likely N-dealkylation sites (tertiary alicyclic amines) is 1. The Hall–Kier alpha value is -3.10. The second-order valence-electron chi connectivity index (χ2n) is 7.02. The fourth-order valence-corrected chi connectivity index (χ4v) is 3.08. The molecule has 2 aromatic rings. The Morgan fingerprint density at radius 2 is 1.67 bits per heavy atom.